The molecule has 0 spiro atoms. The number of ether oxygens (including phenoxy) is 3. The predicted octanol–water partition coefficient (Wildman–Crippen LogP) is 2.28. The van der Waals surface area contributed by atoms with Crippen LogP contribution in [-0.2, 0) is 14.3 Å². The second kappa shape index (κ2) is 9.98. The zero-order valence-corrected chi connectivity index (χ0v) is 18.2. The summed E-state index contributed by atoms with van der Waals surface area (Å²) in [6, 6.07) is 8.14. The minimum absolute atomic E-state index is 0.0156. The molecule has 2 aromatic rings. The molecule has 3 rings (SSSR count). The van der Waals surface area contributed by atoms with Crippen molar-refractivity contribution in [3.8, 4) is 11.5 Å². The molecule has 1 N–H and O–H groups in total. The van der Waals surface area contributed by atoms with Gasteiger partial charge in [0, 0.05) is 6.07 Å². The number of amides is 4. The first-order valence-corrected chi connectivity index (χ1v) is 9.92. The van der Waals surface area contributed by atoms with Gasteiger partial charge in [-0.15, -0.1) is 0 Å². The van der Waals surface area contributed by atoms with Gasteiger partial charge < -0.3 is 14.2 Å². The fraction of sp³-hybridized carbons (Fsp3) is 0.273. The van der Waals surface area contributed by atoms with Gasteiger partial charge in [-0.3, -0.25) is 14.4 Å². The Balaban J connectivity index is 2.01. The molecule has 0 aromatic heterocycles. The standard InChI is InChI=1S/C22H22FN3O7/c1-4-33-22(30)24-26(20(28)14-7-5-6-8-15(14)23)17-12-19(27)25(21(17)29)16-11-13(31-2)9-10-18(16)32-3/h5-11,17H,4,12H2,1-3H3,(H,24,30). The Bertz CT molecular complexity index is 1090. The minimum atomic E-state index is -1.45. The molecule has 33 heavy (non-hydrogen) atoms. The molecule has 4 amide bonds. The normalized spacial score (nSPS) is 15.3. The van der Waals surface area contributed by atoms with Crippen molar-refractivity contribution in [1.29, 1.82) is 0 Å². The van der Waals surface area contributed by atoms with E-state index in [4.69, 9.17) is 14.2 Å². The molecule has 1 fully saturated rings. The topological polar surface area (TPSA) is 114 Å². The van der Waals surface area contributed by atoms with Crippen molar-refractivity contribution in [3.05, 3.63) is 53.8 Å². The summed E-state index contributed by atoms with van der Waals surface area (Å²) in [5.41, 5.74) is 1.86. The summed E-state index contributed by atoms with van der Waals surface area (Å²) in [6.07, 6.45) is -1.51. The highest BCUT2D eigenvalue weighted by Crippen LogP contribution is 2.36. The molecule has 1 aliphatic heterocycles. The van der Waals surface area contributed by atoms with Crippen molar-refractivity contribution in [2.45, 2.75) is 19.4 Å². The van der Waals surface area contributed by atoms with Crippen LogP contribution >= 0.6 is 0 Å². The summed E-state index contributed by atoms with van der Waals surface area (Å²) < 4.78 is 29.5. The number of hydrazine groups is 1. The molecule has 0 bridgehead atoms. The average Bonchev–Trinajstić information content (AvgIpc) is 3.10. The first kappa shape index (κ1) is 23.5. The Labute approximate surface area is 188 Å². The third kappa shape index (κ3) is 4.71. The minimum Gasteiger partial charge on any atom is -0.497 e. The summed E-state index contributed by atoms with van der Waals surface area (Å²) in [5, 5.41) is 0.614. The monoisotopic (exact) mass is 459 g/mol. The zero-order chi connectivity index (χ0) is 24.1. The van der Waals surface area contributed by atoms with Crippen LogP contribution in [0.1, 0.15) is 23.7 Å². The van der Waals surface area contributed by atoms with Crippen LogP contribution in [0.25, 0.3) is 0 Å². The van der Waals surface area contributed by atoms with E-state index in [1.165, 1.54) is 44.6 Å². The largest absolute Gasteiger partial charge is 0.497 e. The van der Waals surface area contributed by atoms with Crippen LogP contribution in [0.15, 0.2) is 42.5 Å². The number of nitrogens with zero attached hydrogens (tertiary/aromatic N) is 2. The van der Waals surface area contributed by atoms with Crippen molar-refractivity contribution in [2.24, 2.45) is 0 Å². The number of carbonyl (C=O) groups is 4. The van der Waals surface area contributed by atoms with Crippen molar-refractivity contribution >= 4 is 29.5 Å². The Hall–Kier alpha value is -4.15. The van der Waals surface area contributed by atoms with E-state index in [0.717, 1.165) is 11.0 Å². The number of hydrogen-bond acceptors (Lipinski definition) is 7. The summed E-state index contributed by atoms with van der Waals surface area (Å²) in [5.74, 6) is -2.79. The number of nitrogens with one attached hydrogen (secondary N) is 1. The molecule has 0 saturated carbocycles. The molecule has 1 aliphatic rings. The lowest BCUT2D eigenvalue weighted by Crippen LogP contribution is -2.55. The maximum atomic E-state index is 14.3. The lowest BCUT2D eigenvalue weighted by molar-refractivity contribution is -0.123. The van der Waals surface area contributed by atoms with Gasteiger partial charge in [0.15, 0.2) is 0 Å². The van der Waals surface area contributed by atoms with E-state index in [2.05, 4.69) is 5.43 Å². The first-order valence-electron chi connectivity index (χ1n) is 9.92. The molecule has 11 heteroatoms. The van der Waals surface area contributed by atoms with Crippen LogP contribution in [0.2, 0.25) is 0 Å². The molecule has 0 aliphatic carbocycles. The number of benzene rings is 2. The van der Waals surface area contributed by atoms with Crippen molar-refractivity contribution in [2.75, 3.05) is 25.7 Å². The Morgan fingerprint density at radius 3 is 2.52 bits per heavy atom. The highest BCUT2D eigenvalue weighted by Gasteiger charge is 2.47. The van der Waals surface area contributed by atoms with Crippen molar-refractivity contribution < 1.29 is 37.8 Å². The van der Waals surface area contributed by atoms with Crippen LogP contribution in [0.3, 0.4) is 0 Å². The van der Waals surface area contributed by atoms with E-state index in [1.807, 2.05) is 0 Å². The van der Waals surface area contributed by atoms with Gasteiger partial charge in [-0.25, -0.2) is 24.5 Å². The Kier molecular flexibility index (Phi) is 7.11. The van der Waals surface area contributed by atoms with Crippen molar-refractivity contribution in [3.63, 3.8) is 0 Å². The van der Waals surface area contributed by atoms with E-state index < -0.39 is 47.7 Å². The second-order valence-corrected chi connectivity index (χ2v) is 6.81. The quantitative estimate of drug-likeness (QED) is 0.521. The van der Waals surface area contributed by atoms with Crippen LogP contribution in [0.4, 0.5) is 14.9 Å². The summed E-state index contributed by atoms with van der Waals surface area (Å²) in [4.78, 5) is 52.2. The fourth-order valence-electron chi connectivity index (χ4n) is 3.34. The molecule has 1 atom stereocenters. The van der Waals surface area contributed by atoms with E-state index in [1.54, 1.807) is 13.0 Å². The summed E-state index contributed by atoms with van der Waals surface area (Å²) in [7, 11) is 2.78. The number of hydrogen-bond donors (Lipinski definition) is 1. The lowest BCUT2D eigenvalue weighted by Gasteiger charge is -2.27. The molecular formula is C22H22FN3O7. The van der Waals surface area contributed by atoms with E-state index in [9.17, 15) is 23.6 Å². The molecule has 174 valence electrons. The number of halogens is 1. The predicted molar refractivity (Wildman–Crippen MR) is 113 cm³/mol. The number of rotatable bonds is 6. The van der Waals surface area contributed by atoms with Gasteiger partial charge in [-0.2, -0.15) is 0 Å². The van der Waals surface area contributed by atoms with Crippen LogP contribution in [0, 0.1) is 5.82 Å². The molecule has 0 radical (unpaired) electrons. The average molecular weight is 459 g/mol. The van der Waals surface area contributed by atoms with E-state index in [-0.39, 0.29) is 18.0 Å². The first-order chi connectivity index (χ1) is 15.8. The molecule has 1 unspecified atom stereocenters. The second-order valence-electron chi connectivity index (χ2n) is 6.81. The highest BCUT2D eigenvalue weighted by atomic mass is 19.1. The van der Waals surface area contributed by atoms with Gasteiger partial charge in [0.2, 0.25) is 5.91 Å². The third-order valence-corrected chi connectivity index (χ3v) is 4.87. The maximum Gasteiger partial charge on any atom is 0.426 e. The van der Waals surface area contributed by atoms with E-state index in [0.29, 0.717) is 10.8 Å². The molecular weight excluding hydrogens is 437 g/mol. The van der Waals surface area contributed by atoms with Crippen LogP contribution < -0.4 is 19.8 Å². The van der Waals surface area contributed by atoms with Crippen LogP contribution in [-0.4, -0.2) is 55.7 Å². The van der Waals surface area contributed by atoms with Gasteiger partial charge in [0.05, 0.1) is 38.5 Å². The SMILES string of the molecule is CCOC(=O)NN(C(=O)c1ccccc1F)C1CC(=O)N(c2cc(OC)ccc2OC)C1=O. The number of anilines is 1. The van der Waals surface area contributed by atoms with Crippen LogP contribution in [0.5, 0.6) is 11.5 Å². The van der Waals surface area contributed by atoms with E-state index >= 15 is 0 Å². The summed E-state index contributed by atoms with van der Waals surface area (Å²) >= 11 is 0. The van der Waals surface area contributed by atoms with Gasteiger partial charge in [-0.05, 0) is 31.2 Å². The smallest absolute Gasteiger partial charge is 0.426 e. The van der Waals surface area contributed by atoms with Gasteiger partial charge in [0.1, 0.15) is 23.4 Å². The van der Waals surface area contributed by atoms with Gasteiger partial charge >= 0.3 is 6.09 Å². The van der Waals surface area contributed by atoms with Gasteiger partial charge in [0.25, 0.3) is 11.8 Å². The third-order valence-electron chi connectivity index (χ3n) is 4.87. The lowest BCUT2D eigenvalue weighted by atomic mass is 10.1. The molecule has 10 nitrogen and oxygen atoms in total. The Morgan fingerprint density at radius 1 is 1.15 bits per heavy atom. The molecule has 2 aromatic carbocycles. The summed E-state index contributed by atoms with van der Waals surface area (Å²) in [6.45, 7) is 1.53. The molecule has 1 heterocycles. The van der Waals surface area contributed by atoms with Crippen molar-refractivity contribution in [1.82, 2.24) is 10.4 Å². The zero-order valence-electron chi connectivity index (χ0n) is 18.2. The highest BCUT2D eigenvalue weighted by molar-refractivity contribution is 6.24. The number of methoxy groups -OCH3 is 2. The number of carbonyl (C=O) groups excluding carboxylic acids is 4. The maximum absolute atomic E-state index is 14.3. The Morgan fingerprint density at radius 2 is 1.88 bits per heavy atom. The number of imide groups is 1. The fourth-order valence-corrected chi connectivity index (χ4v) is 3.34. The van der Waals surface area contributed by atoms with Gasteiger partial charge in [-0.1, -0.05) is 12.1 Å². The molecule has 1 saturated heterocycles.